The lowest BCUT2D eigenvalue weighted by atomic mass is 10.2. The van der Waals surface area contributed by atoms with Crippen molar-refractivity contribution < 1.29 is 19.4 Å². The van der Waals surface area contributed by atoms with Gasteiger partial charge in [-0.3, -0.25) is 4.79 Å². The fraction of sp³-hybridized carbons (Fsp3) is 0.600. The van der Waals surface area contributed by atoms with Crippen LogP contribution in [0.2, 0.25) is 0 Å². The first kappa shape index (κ1) is 14.0. The summed E-state index contributed by atoms with van der Waals surface area (Å²) in [7, 11) is 0. The Bertz CT molecular complexity index is 248. The molecule has 0 radical (unpaired) electrons. The zero-order chi connectivity index (χ0) is 11.7. The molecule has 0 aromatic heterocycles. The van der Waals surface area contributed by atoms with Crippen LogP contribution in [0.3, 0.4) is 0 Å². The number of ether oxygens (including phenoxy) is 1. The summed E-state index contributed by atoms with van der Waals surface area (Å²) in [5.74, 6) is -1.34. The van der Waals surface area contributed by atoms with Crippen molar-refractivity contribution in [1.82, 2.24) is 0 Å². The number of allylic oxidation sites excluding steroid dienone is 1. The second-order valence-electron chi connectivity index (χ2n) is 2.91. The Labute approximate surface area is 93.9 Å². The summed E-state index contributed by atoms with van der Waals surface area (Å²) in [6, 6.07) is 0. The number of hydrogen-bond donors (Lipinski definition) is 1. The summed E-state index contributed by atoms with van der Waals surface area (Å²) in [5, 5.41) is 8.43. The van der Waals surface area contributed by atoms with Gasteiger partial charge in [0.1, 0.15) is 5.03 Å². The van der Waals surface area contributed by atoms with E-state index in [0.717, 1.165) is 0 Å². The molecule has 0 heterocycles. The van der Waals surface area contributed by atoms with Gasteiger partial charge < -0.3 is 9.84 Å². The van der Waals surface area contributed by atoms with Crippen LogP contribution < -0.4 is 0 Å². The van der Waals surface area contributed by atoms with Crippen molar-refractivity contribution in [3.05, 3.63) is 11.1 Å². The molecule has 1 N–H and O–H groups in total. The van der Waals surface area contributed by atoms with Gasteiger partial charge in [0.25, 0.3) is 0 Å². The van der Waals surface area contributed by atoms with Crippen molar-refractivity contribution in [1.29, 1.82) is 0 Å². The van der Waals surface area contributed by atoms with Gasteiger partial charge in [0, 0.05) is 6.42 Å². The smallest absolute Gasteiger partial charge is 0.349 e. The summed E-state index contributed by atoms with van der Waals surface area (Å²) < 4.78 is 4.67. The van der Waals surface area contributed by atoms with Gasteiger partial charge in [0.2, 0.25) is 0 Å². The molecule has 5 heteroatoms. The summed E-state index contributed by atoms with van der Waals surface area (Å²) in [6.07, 6.45) is 3.57. The van der Waals surface area contributed by atoms with E-state index in [4.69, 9.17) is 16.7 Å². The molecule has 4 nitrogen and oxygen atoms in total. The normalized spacial score (nSPS) is 11.2. The van der Waals surface area contributed by atoms with Crippen molar-refractivity contribution in [2.45, 2.75) is 32.6 Å². The zero-order valence-corrected chi connectivity index (χ0v) is 9.42. The average Bonchev–Trinajstić information content (AvgIpc) is 2.16. The van der Waals surface area contributed by atoms with Crippen LogP contribution in [0.1, 0.15) is 32.6 Å². The molecule has 0 aliphatic heterocycles. The minimum atomic E-state index is -0.810. The number of carboxylic acids is 1. The van der Waals surface area contributed by atoms with Crippen molar-refractivity contribution >= 4 is 23.5 Å². The third-order valence-electron chi connectivity index (χ3n) is 1.64. The van der Waals surface area contributed by atoms with E-state index in [9.17, 15) is 9.59 Å². The fourth-order valence-corrected chi connectivity index (χ4v) is 1.10. The largest absolute Gasteiger partial charge is 0.481 e. The molecule has 0 aliphatic rings. The standard InChI is InChI=1S/C10H15ClO4/c1-2-15-10(14)8(11)6-4-3-5-7-9(12)13/h6H,2-5,7H2,1H3,(H,12,13)/b8-6-. The minimum absolute atomic E-state index is 0.0622. The molecule has 0 aromatic carbocycles. The molecule has 0 rings (SSSR count). The van der Waals surface area contributed by atoms with E-state index < -0.39 is 11.9 Å². The maximum Gasteiger partial charge on any atom is 0.349 e. The molecule has 0 saturated carbocycles. The summed E-state index contributed by atoms with van der Waals surface area (Å²) >= 11 is 5.62. The first-order valence-electron chi connectivity index (χ1n) is 4.82. The highest BCUT2D eigenvalue weighted by atomic mass is 35.5. The number of halogens is 1. The van der Waals surface area contributed by atoms with E-state index in [1.54, 1.807) is 13.0 Å². The highest BCUT2D eigenvalue weighted by molar-refractivity contribution is 6.41. The Hall–Kier alpha value is -1.03. The fourth-order valence-electron chi connectivity index (χ4n) is 0.933. The van der Waals surface area contributed by atoms with Gasteiger partial charge in [-0.1, -0.05) is 17.7 Å². The van der Waals surface area contributed by atoms with Crippen LogP contribution in [-0.4, -0.2) is 23.7 Å². The topological polar surface area (TPSA) is 63.6 Å². The van der Waals surface area contributed by atoms with Crippen LogP contribution in [-0.2, 0) is 14.3 Å². The number of carbonyl (C=O) groups is 2. The molecule has 0 fully saturated rings. The summed E-state index contributed by atoms with van der Waals surface area (Å²) in [5.41, 5.74) is 0. The SMILES string of the molecule is CCOC(=O)/C(Cl)=C/CCCCC(=O)O. The molecule has 0 bridgehead atoms. The lowest BCUT2D eigenvalue weighted by Gasteiger charge is -1.99. The number of aliphatic carboxylic acids is 1. The molecular formula is C10H15ClO4. The van der Waals surface area contributed by atoms with E-state index in [2.05, 4.69) is 4.74 Å². The summed E-state index contributed by atoms with van der Waals surface area (Å²) in [4.78, 5) is 21.2. The number of carbonyl (C=O) groups excluding carboxylic acids is 1. The molecule has 0 saturated heterocycles. The van der Waals surface area contributed by atoms with E-state index in [0.29, 0.717) is 25.9 Å². The van der Waals surface area contributed by atoms with E-state index >= 15 is 0 Å². The van der Waals surface area contributed by atoms with Crippen LogP contribution >= 0.6 is 11.6 Å². The predicted octanol–water partition coefficient (Wildman–Crippen LogP) is 2.32. The van der Waals surface area contributed by atoms with Crippen molar-refractivity contribution in [3.8, 4) is 0 Å². The molecule has 15 heavy (non-hydrogen) atoms. The Kier molecular flexibility index (Phi) is 7.72. The van der Waals surface area contributed by atoms with Crippen molar-refractivity contribution in [2.75, 3.05) is 6.61 Å². The second-order valence-corrected chi connectivity index (χ2v) is 3.32. The Morgan fingerprint density at radius 1 is 1.40 bits per heavy atom. The zero-order valence-electron chi connectivity index (χ0n) is 8.66. The van der Waals surface area contributed by atoms with Crippen LogP contribution in [0.4, 0.5) is 0 Å². The number of carboxylic acid groups (broad SMARTS) is 1. The lowest BCUT2D eigenvalue weighted by molar-refractivity contribution is -0.138. The molecule has 0 atom stereocenters. The predicted molar refractivity (Wildman–Crippen MR) is 56.7 cm³/mol. The number of unbranched alkanes of at least 4 members (excludes halogenated alkanes) is 2. The third-order valence-corrected chi connectivity index (χ3v) is 1.95. The minimum Gasteiger partial charge on any atom is -0.481 e. The third kappa shape index (κ3) is 8.00. The van der Waals surface area contributed by atoms with Crippen molar-refractivity contribution in [3.63, 3.8) is 0 Å². The van der Waals surface area contributed by atoms with Gasteiger partial charge >= 0.3 is 11.9 Å². The highest BCUT2D eigenvalue weighted by Gasteiger charge is 2.05. The molecular weight excluding hydrogens is 220 g/mol. The van der Waals surface area contributed by atoms with Crippen molar-refractivity contribution in [2.24, 2.45) is 0 Å². The Morgan fingerprint density at radius 2 is 2.07 bits per heavy atom. The van der Waals surface area contributed by atoms with E-state index in [1.165, 1.54) is 0 Å². The molecule has 0 aromatic rings. The van der Waals surface area contributed by atoms with Gasteiger partial charge in [-0.2, -0.15) is 0 Å². The van der Waals surface area contributed by atoms with Gasteiger partial charge in [0.05, 0.1) is 6.61 Å². The van der Waals surface area contributed by atoms with Gasteiger partial charge in [-0.25, -0.2) is 4.79 Å². The molecule has 86 valence electrons. The maximum absolute atomic E-state index is 11.0. The van der Waals surface area contributed by atoms with Crippen LogP contribution in [0.25, 0.3) is 0 Å². The molecule has 0 spiro atoms. The highest BCUT2D eigenvalue weighted by Crippen LogP contribution is 2.08. The number of hydrogen-bond acceptors (Lipinski definition) is 3. The quantitative estimate of drug-likeness (QED) is 0.417. The molecule has 0 amide bonds. The number of rotatable bonds is 7. The summed E-state index contributed by atoms with van der Waals surface area (Å²) in [6.45, 7) is 2.00. The Balaban J connectivity index is 3.66. The second kappa shape index (κ2) is 8.29. The van der Waals surface area contributed by atoms with Crippen LogP contribution in [0.15, 0.2) is 11.1 Å². The Morgan fingerprint density at radius 3 is 2.60 bits per heavy atom. The van der Waals surface area contributed by atoms with E-state index in [1.807, 2.05) is 0 Å². The first-order chi connectivity index (χ1) is 7.07. The number of esters is 1. The average molecular weight is 235 g/mol. The molecule has 0 aliphatic carbocycles. The molecule has 0 unspecified atom stereocenters. The van der Waals surface area contributed by atoms with Crippen LogP contribution in [0, 0.1) is 0 Å². The van der Waals surface area contributed by atoms with Gasteiger partial charge in [0.15, 0.2) is 0 Å². The monoisotopic (exact) mass is 234 g/mol. The van der Waals surface area contributed by atoms with Gasteiger partial charge in [-0.15, -0.1) is 0 Å². The van der Waals surface area contributed by atoms with E-state index in [-0.39, 0.29) is 11.5 Å². The first-order valence-corrected chi connectivity index (χ1v) is 5.20. The van der Waals surface area contributed by atoms with Crippen LogP contribution in [0.5, 0.6) is 0 Å². The lowest BCUT2D eigenvalue weighted by Crippen LogP contribution is -2.03. The van der Waals surface area contributed by atoms with Gasteiger partial charge in [-0.05, 0) is 26.2 Å². The maximum atomic E-state index is 11.0.